The quantitative estimate of drug-likeness (QED) is 0.758. The van der Waals surface area contributed by atoms with Crippen molar-refractivity contribution in [2.75, 3.05) is 0 Å². The third-order valence-corrected chi connectivity index (χ3v) is 4.01. The molecule has 0 unspecified atom stereocenters. The Bertz CT molecular complexity index is 559. The highest BCUT2D eigenvalue weighted by Gasteiger charge is 2.16. The maximum atomic E-state index is 5.12. The topological polar surface area (TPSA) is 56.7 Å². The van der Waals surface area contributed by atoms with E-state index in [1.807, 2.05) is 13.1 Å². The Morgan fingerprint density at radius 1 is 1.30 bits per heavy atom. The normalized spacial score (nSPS) is 11.8. The van der Waals surface area contributed by atoms with Crippen LogP contribution in [0.15, 0.2) is 15.9 Å². The first kappa shape index (κ1) is 15.1. The Balaban J connectivity index is 2.13. The molecule has 0 N–H and O–H groups in total. The lowest BCUT2D eigenvalue weighted by Gasteiger charge is -2.16. The van der Waals surface area contributed by atoms with Crippen LogP contribution < -0.4 is 0 Å². The molecule has 0 amide bonds. The second kappa shape index (κ2) is 6.43. The van der Waals surface area contributed by atoms with Crippen LogP contribution in [0.4, 0.5) is 0 Å². The minimum Gasteiger partial charge on any atom is -0.339 e. The summed E-state index contributed by atoms with van der Waals surface area (Å²) in [6, 6.07) is 0.397. The predicted molar refractivity (Wildman–Crippen MR) is 79.9 cm³/mol. The van der Waals surface area contributed by atoms with Crippen LogP contribution in [0.5, 0.6) is 0 Å². The summed E-state index contributed by atoms with van der Waals surface area (Å²) >= 11 is 1.66. The fourth-order valence-corrected chi connectivity index (χ4v) is 2.99. The molecule has 2 heterocycles. The van der Waals surface area contributed by atoms with Gasteiger partial charge in [-0.05, 0) is 19.8 Å². The van der Waals surface area contributed by atoms with Gasteiger partial charge in [0.15, 0.2) is 11.0 Å². The van der Waals surface area contributed by atoms with E-state index in [-0.39, 0.29) is 0 Å². The van der Waals surface area contributed by atoms with E-state index in [9.17, 15) is 0 Å². The van der Waals surface area contributed by atoms with E-state index >= 15 is 0 Å². The molecule has 0 saturated heterocycles. The lowest BCUT2D eigenvalue weighted by molar-refractivity contribution is 0.378. The minimum atomic E-state index is 0.397. The summed E-state index contributed by atoms with van der Waals surface area (Å²) in [4.78, 5) is 8.87. The Kier molecular flexibility index (Phi) is 4.86. The molecule has 0 fully saturated rings. The average Bonchev–Trinajstić information content (AvgIpc) is 3.02. The standard InChI is InChI=1S/C14H22N4OS/c1-6-13-16-12(17-19-13)8-20-14-15-7-11(9(2)3)18(14)10(4)5/h7,9-10H,6,8H2,1-5H3. The van der Waals surface area contributed by atoms with Gasteiger partial charge in [0.1, 0.15) is 0 Å². The number of rotatable bonds is 6. The molecule has 0 aromatic carbocycles. The highest BCUT2D eigenvalue weighted by molar-refractivity contribution is 7.98. The Hall–Kier alpha value is -1.30. The summed E-state index contributed by atoms with van der Waals surface area (Å²) in [5.41, 5.74) is 1.27. The van der Waals surface area contributed by atoms with Gasteiger partial charge in [0.05, 0.1) is 5.75 Å². The molecule has 20 heavy (non-hydrogen) atoms. The van der Waals surface area contributed by atoms with Crippen molar-refractivity contribution >= 4 is 11.8 Å². The van der Waals surface area contributed by atoms with Crippen molar-refractivity contribution in [3.63, 3.8) is 0 Å². The maximum absolute atomic E-state index is 5.12. The van der Waals surface area contributed by atoms with E-state index in [2.05, 4.69) is 47.4 Å². The molecule has 6 heteroatoms. The molecular weight excluding hydrogens is 272 g/mol. The Morgan fingerprint density at radius 2 is 2.05 bits per heavy atom. The van der Waals surface area contributed by atoms with Gasteiger partial charge in [-0.2, -0.15) is 4.98 Å². The lowest BCUT2D eigenvalue weighted by Crippen LogP contribution is -2.08. The van der Waals surface area contributed by atoms with Crippen LogP contribution >= 0.6 is 11.8 Å². The maximum Gasteiger partial charge on any atom is 0.226 e. The highest BCUT2D eigenvalue weighted by Crippen LogP contribution is 2.28. The average molecular weight is 294 g/mol. The molecule has 0 spiro atoms. The number of hydrogen-bond donors (Lipinski definition) is 0. The van der Waals surface area contributed by atoms with Crippen LogP contribution in [0.1, 0.15) is 64.0 Å². The molecule has 0 radical (unpaired) electrons. The smallest absolute Gasteiger partial charge is 0.226 e. The number of aromatic nitrogens is 4. The zero-order valence-corrected chi connectivity index (χ0v) is 13.6. The van der Waals surface area contributed by atoms with Gasteiger partial charge in [-0.3, -0.25) is 0 Å². The molecule has 0 aliphatic heterocycles. The first-order valence-corrected chi connectivity index (χ1v) is 8.02. The fraction of sp³-hybridized carbons (Fsp3) is 0.643. The summed E-state index contributed by atoms with van der Waals surface area (Å²) in [6.45, 7) is 10.8. The van der Waals surface area contributed by atoms with E-state index in [4.69, 9.17) is 4.52 Å². The number of thioether (sulfide) groups is 1. The number of aryl methyl sites for hydroxylation is 1. The van der Waals surface area contributed by atoms with Crippen LogP contribution in [0, 0.1) is 0 Å². The van der Waals surface area contributed by atoms with Gasteiger partial charge in [0.2, 0.25) is 5.89 Å². The van der Waals surface area contributed by atoms with E-state index in [0.717, 1.165) is 17.4 Å². The van der Waals surface area contributed by atoms with Crippen molar-refractivity contribution in [1.82, 2.24) is 19.7 Å². The van der Waals surface area contributed by atoms with Crippen molar-refractivity contribution < 1.29 is 4.52 Å². The third-order valence-electron chi connectivity index (χ3n) is 3.04. The molecule has 2 aromatic heterocycles. The van der Waals surface area contributed by atoms with Crippen LogP contribution in [-0.4, -0.2) is 19.7 Å². The van der Waals surface area contributed by atoms with Crippen molar-refractivity contribution in [1.29, 1.82) is 0 Å². The monoisotopic (exact) mass is 294 g/mol. The molecule has 0 aliphatic rings. The molecule has 0 bridgehead atoms. The molecule has 0 aliphatic carbocycles. The van der Waals surface area contributed by atoms with Crippen molar-refractivity contribution in [2.24, 2.45) is 0 Å². The summed E-state index contributed by atoms with van der Waals surface area (Å²) in [5, 5.41) is 4.99. The zero-order chi connectivity index (χ0) is 14.7. The van der Waals surface area contributed by atoms with Crippen LogP contribution in [-0.2, 0) is 12.2 Å². The van der Waals surface area contributed by atoms with Gasteiger partial charge in [-0.1, -0.05) is 37.7 Å². The van der Waals surface area contributed by atoms with Gasteiger partial charge in [-0.25, -0.2) is 4.98 Å². The highest BCUT2D eigenvalue weighted by atomic mass is 32.2. The van der Waals surface area contributed by atoms with E-state index in [1.165, 1.54) is 5.69 Å². The van der Waals surface area contributed by atoms with E-state index in [0.29, 0.717) is 23.6 Å². The van der Waals surface area contributed by atoms with Crippen LogP contribution in [0.2, 0.25) is 0 Å². The summed E-state index contributed by atoms with van der Waals surface area (Å²) in [6.07, 6.45) is 2.75. The molecule has 5 nitrogen and oxygen atoms in total. The molecule has 0 saturated carbocycles. The predicted octanol–water partition coefficient (Wildman–Crippen LogP) is 3.83. The number of imidazole rings is 1. The molecule has 2 aromatic rings. The summed E-state index contributed by atoms with van der Waals surface area (Å²) < 4.78 is 7.41. The van der Waals surface area contributed by atoms with Gasteiger partial charge in [-0.15, -0.1) is 0 Å². The van der Waals surface area contributed by atoms with Gasteiger partial charge in [0.25, 0.3) is 0 Å². The second-order valence-electron chi connectivity index (χ2n) is 5.33. The van der Waals surface area contributed by atoms with Crippen LogP contribution in [0.3, 0.4) is 0 Å². The fourth-order valence-electron chi connectivity index (χ4n) is 2.03. The summed E-state index contributed by atoms with van der Waals surface area (Å²) in [5.74, 6) is 2.58. The largest absolute Gasteiger partial charge is 0.339 e. The first-order valence-electron chi connectivity index (χ1n) is 7.04. The zero-order valence-electron chi connectivity index (χ0n) is 12.8. The number of nitrogens with zero attached hydrogens (tertiary/aromatic N) is 4. The molecule has 110 valence electrons. The van der Waals surface area contributed by atoms with Gasteiger partial charge in [0, 0.05) is 24.4 Å². The minimum absolute atomic E-state index is 0.397. The van der Waals surface area contributed by atoms with Crippen molar-refractivity contribution in [2.45, 2.75) is 63.9 Å². The van der Waals surface area contributed by atoms with E-state index < -0.39 is 0 Å². The third kappa shape index (κ3) is 3.23. The van der Waals surface area contributed by atoms with Crippen molar-refractivity contribution in [3.05, 3.63) is 23.6 Å². The molecule has 0 atom stereocenters. The first-order chi connectivity index (χ1) is 9.52. The second-order valence-corrected chi connectivity index (χ2v) is 6.27. The van der Waals surface area contributed by atoms with E-state index in [1.54, 1.807) is 11.8 Å². The lowest BCUT2D eigenvalue weighted by atomic mass is 10.1. The SMILES string of the molecule is CCc1nc(CSc2ncc(C(C)C)n2C(C)C)no1. The van der Waals surface area contributed by atoms with Gasteiger partial charge >= 0.3 is 0 Å². The van der Waals surface area contributed by atoms with Gasteiger partial charge < -0.3 is 9.09 Å². The van der Waals surface area contributed by atoms with Crippen molar-refractivity contribution in [3.8, 4) is 0 Å². The number of hydrogen-bond acceptors (Lipinski definition) is 5. The van der Waals surface area contributed by atoms with Crippen LogP contribution in [0.25, 0.3) is 0 Å². The molecular formula is C14H22N4OS. The molecule has 2 rings (SSSR count). The Labute approximate surface area is 124 Å². The Morgan fingerprint density at radius 3 is 2.60 bits per heavy atom. The summed E-state index contributed by atoms with van der Waals surface area (Å²) in [7, 11) is 0.